The molecule has 2 aliphatic rings. The molecule has 1 heterocycles. The second kappa shape index (κ2) is 9.38. The largest absolute Gasteiger partial charge is 0.503 e. The smallest absolute Gasteiger partial charge is 0.254 e. The van der Waals surface area contributed by atoms with Gasteiger partial charge >= 0.3 is 0 Å². The number of Topliss-reactive ketones (excluding diaryl/α,β-unsaturated/α-hetero) is 1. The highest BCUT2D eigenvalue weighted by Crippen LogP contribution is 2.49. The molecular weight excluding hydrogens is 471 g/mol. The lowest BCUT2D eigenvalue weighted by molar-refractivity contribution is -0.118. The number of rotatable bonds is 5. The van der Waals surface area contributed by atoms with Crippen LogP contribution in [-0.2, 0) is 9.59 Å². The number of ketones is 1. The Balaban J connectivity index is 1.86. The van der Waals surface area contributed by atoms with Crippen molar-refractivity contribution in [2.24, 2.45) is 5.41 Å². The summed E-state index contributed by atoms with van der Waals surface area (Å²) in [7, 11) is 0. The molecule has 0 unspecified atom stereocenters. The van der Waals surface area contributed by atoms with Gasteiger partial charge in [-0.2, -0.15) is 0 Å². The van der Waals surface area contributed by atoms with Gasteiger partial charge in [0.2, 0.25) is 0 Å². The first-order valence-electron chi connectivity index (χ1n) is 11.5. The van der Waals surface area contributed by atoms with E-state index in [0.29, 0.717) is 47.5 Å². The van der Waals surface area contributed by atoms with Crippen molar-refractivity contribution < 1.29 is 23.8 Å². The number of anilines is 1. The molecule has 0 saturated carbocycles. The highest BCUT2D eigenvalue weighted by Gasteiger charge is 2.43. The van der Waals surface area contributed by atoms with Crippen LogP contribution in [0.2, 0.25) is 5.02 Å². The summed E-state index contributed by atoms with van der Waals surface area (Å²) in [5, 5.41) is 16.5. The van der Waals surface area contributed by atoms with Crippen LogP contribution in [0.15, 0.2) is 58.9 Å². The normalized spacial score (nSPS) is 19.3. The molecule has 8 heteroatoms. The molecule has 0 saturated heterocycles. The van der Waals surface area contributed by atoms with Crippen molar-refractivity contribution in [2.75, 3.05) is 11.9 Å². The number of phenolic OH excluding ortho intramolecular Hbond substituents is 1. The number of hydrogen-bond donors (Lipinski definition) is 3. The van der Waals surface area contributed by atoms with Crippen LogP contribution in [0.4, 0.5) is 10.1 Å². The Labute approximate surface area is 208 Å². The van der Waals surface area contributed by atoms with E-state index in [0.717, 1.165) is 5.70 Å². The number of phenols is 1. The molecule has 0 radical (unpaired) electrons. The summed E-state index contributed by atoms with van der Waals surface area (Å²) in [4.78, 5) is 27.0. The molecule has 1 aliphatic carbocycles. The first-order valence-corrected chi connectivity index (χ1v) is 11.8. The lowest BCUT2D eigenvalue weighted by atomic mass is 9.68. The molecule has 3 N–H and O–H groups in total. The predicted molar refractivity (Wildman–Crippen MR) is 133 cm³/mol. The van der Waals surface area contributed by atoms with E-state index in [1.54, 1.807) is 26.0 Å². The van der Waals surface area contributed by atoms with Crippen molar-refractivity contribution in [3.63, 3.8) is 0 Å². The molecule has 0 spiro atoms. The average Bonchev–Trinajstić information content (AvgIpc) is 2.76. The molecule has 4 rings (SSSR count). The van der Waals surface area contributed by atoms with Gasteiger partial charge in [-0.15, -0.1) is 0 Å². The Bertz CT molecular complexity index is 1260. The van der Waals surface area contributed by atoms with Gasteiger partial charge in [0.25, 0.3) is 5.91 Å². The Kier molecular flexibility index (Phi) is 6.64. The van der Waals surface area contributed by atoms with Gasteiger partial charge in [0.1, 0.15) is 5.82 Å². The third kappa shape index (κ3) is 4.91. The van der Waals surface area contributed by atoms with Gasteiger partial charge in [-0.05, 0) is 67.6 Å². The van der Waals surface area contributed by atoms with Crippen LogP contribution in [-0.4, -0.2) is 23.4 Å². The molecule has 2 aromatic rings. The summed E-state index contributed by atoms with van der Waals surface area (Å²) in [6.45, 7) is 7.93. The molecule has 1 atom stereocenters. The van der Waals surface area contributed by atoms with Gasteiger partial charge in [-0.3, -0.25) is 9.59 Å². The number of hydrogen-bond acceptors (Lipinski definition) is 5. The van der Waals surface area contributed by atoms with Crippen molar-refractivity contribution in [2.45, 2.75) is 46.5 Å². The number of nitrogens with one attached hydrogen (secondary N) is 2. The van der Waals surface area contributed by atoms with E-state index in [-0.39, 0.29) is 27.7 Å². The number of dihydropyridines is 1. The molecular formula is C27H28ClFN2O4. The monoisotopic (exact) mass is 498 g/mol. The summed E-state index contributed by atoms with van der Waals surface area (Å²) in [6, 6.07) is 8.64. The maximum Gasteiger partial charge on any atom is 0.254 e. The molecule has 0 aromatic heterocycles. The second-order valence-electron chi connectivity index (χ2n) is 9.67. The fourth-order valence-electron chi connectivity index (χ4n) is 4.83. The van der Waals surface area contributed by atoms with E-state index >= 15 is 0 Å². The van der Waals surface area contributed by atoms with Gasteiger partial charge in [0, 0.05) is 40.6 Å². The number of halogens is 2. The Hall–Kier alpha value is -3.32. The third-order valence-electron chi connectivity index (χ3n) is 6.27. The number of allylic oxidation sites excluding steroid dienone is 3. The minimum absolute atomic E-state index is 0.0597. The first kappa shape index (κ1) is 24.8. The van der Waals surface area contributed by atoms with Crippen molar-refractivity contribution >= 4 is 29.0 Å². The minimum atomic E-state index is -0.729. The molecule has 184 valence electrons. The molecule has 0 fully saturated rings. The van der Waals surface area contributed by atoms with Crippen LogP contribution in [0.3, 0.4) is 0 Å². The zero-order valence-corrected chi connectivity index (χ0v) is 20.8. The number of amides is 1. The van der Waals surface area contributed by atoms with Crippen molar-refractivity contribution in [1.29, 1.82) is 0 Å². The number of carbonyl (C=O) groups is 2. The fourth-order valence-corrected chi connectivity index (χ4v) is 5.05. The first-order chi connectivity index (χ1) is 16.5. The van der Waals surface area contributed by atoms with E-state index in [2.05, 4.69) is 10.6 Å². The molecule has 2 aromatic carbocycles. The molecule has 6 nitrogen and oxygen atoms in total. The zero-order valence-electron chi connectivity index (χ0n) is 20.1. The number of benzene rings is 2. The van der Waals surface area contributed by atoms with Crippen molar-refractivity contribution in [3.05, 3.63) is 75.3 Å². The average molecular weight is 499 g/mol. The van der Waals surface area contributed by atoms with E-state index in [1.165, 1.54) is 24.3 Å². The van der Waals surface area contributed by atoms with Gasteiger partial charge < -0.3 is 20.5 Å². The SMILES string of the molecule is CCOc1cc([C@@H]2C(C(=O)Nc3ccc(F)cc3)=C(C)NC3=C2C(=O)CC(C)(C)C3)cc(Cl)c1O. The van der Waals surface area contributed by atoms with E-state index in [9.17, 15) is 19.1 Å². The summed E-state index contributed by atoms with van der Waals surface area (Å²) >= 11 is 6.34. The maximum atomic E-state index is 13.6. The van der Waals surface area contributed by atoms with Crippen LogP contribution in [0.25, 0.3) is 0 Å². The summed E-state index contributed by atoms with van der Waals surface area (Å²) in [5.41, 5.74) is 2.96. The van der Waals surface area contributed by atoms with Gasteiger partial charge in [-0.1, -0.05) is 25.4 Å². The highest BCUT2D eigenvalue weighted by atomic mass is 35.5. The number of ether oxygens (including phenoxy) is 1. The van der Waals surface area contributed by atoms with Crippen LogP contribution < -0.4 is 15.4 Å². The van der Waals surface area contributed by atoms with Gasteiger partial charge in [0.15, 0.2) is 17.3 Å². The maximum absolute atomic E-state index is 13.6. The predicted octanol–water partition coefficient (Wildman–Crippen LogP) is 5.83. The zero-order chi connectivity index (χ0) is 25.5. The van der Waals surface area contributed by atoms with E-state index in [1.807, 2.05) is 13.8 Å². The standard InChI is InChI=1S/C27H28ClFN2O4/c1-5-35-21-11-15(10-18(28)25(21)33)23-22(26(34)31-17-8-6-16(29)7-9-17)14(2)30-19-12-27(3,4)13-20(32)24(19)23/h6-11,23,30,33H,5,12-13H2,1-4H3,(H,31,34)/t23-/m1/s1. The Morgan fingerprint density at radius 3 is 2.60 bits per heavy atom. The molecule has 1 amide bonds. The van der Waals surface area contributed by atoms with Crippen molar-refractivity contribution in [1.82, 2.24) is 5.32 Å². The summed E-state index contributed by atoms with van der Waals surface area (Å²) in [5.74, 6) is -1.66. The van der Waals surface area contributed by atoms with Gasteiger partial charge in [0.05, 0.1) is 11.6 Å². The number of carbonyl (C=O) groups excluding carboxylic acids is 2. The lowest BCUT2D eigenvalue weighted by Crippen LogP contribution is -2.39. The van der Waals surface area contributed by atoms with Crippen LogP contribution >= 0.6 is 11.6 Å². The van der Waals surface area contributed by atoms with Crippen LogP contribution in [0.1, 0.15) is 52.0 Å². The fraction of sp³-hybridized carbons (Fsp3) is 0.333. The Morgan fingerprint density at radius 1 is 1.26 bits per heavy atom. The minimum Gasteiger partial charge on any atom is -0.503 e. The van der Waals surface area contributed by atoms with Crippen LogP contribution in [0, 0.1) is 11.2 Å². The quantitative estimate of drug-likeness (QED) is 0.483. The topological polar surface area (TPSA) is 87.7 Å². The van der Waals surface area contributed by atoms with E-state index < -0.39 is 17.6 Å². The lowest BCUT2D eigenvalue weighted by Gasteiger charge is -2.39. The van der Waals surface area contributed by atoms with E-state index in [4.69, 9.17) is 16.3 Å². The number of aromatic hydroxyl groups is 1. The van der Waals surface area contributed by atoms with Crippen LogP contribution in [0.5, 0.6) is 11.5 Å². The van der Waals surface area contributed by atoms with Crippen molar-refractivity contribution in [3.8, 4) is 11.5 Å². The highest BCUT2D eigenvalue weighted by molar-refractivity contribution is 6.32. The molecule has 1 aliphatic heterocycles. The van der Waals surface area contributed by atoms with Gasteiger partial charge in [-0.25, -0.2) is 4.39 Å². The summed E-state index contributed by atoms with van der Waals surface area (Å²) < 4.78 is 18.9. The molecule has 0 bridgehead atoms. The second-order valence-corrected chi connectivity index (χ2v) is 10.1. The Morgan fingerprint density at radius 2 is 1.94 bits per heavy atom. The third-order valence-corrected chi connectivity index (χ3v) is 6.56. The molecule has 35 heavy (non-hydrogen) atoms. The summed E-state index contributed by atoms with van der Waals surface area (Å²) in [6.07, 6.45) is 0.971.